The van der Waals surface area contributed by atoms with Crippen molar-refractivity contribution in [3.05, 3.63) is 0 Å². The second kappa shape index (κ2) is 13.1. The fraction of sp³-hybridized carbons (Fsp3) is 1.00. The van der Waals surface area contributed by atoms with Crippen LogP contribution in [0.4, 0.5) is 0 Å². The molecule has 0 aromatic rings. The highest BCUT2D eigenvalue weighted by atomic mass is 16.6. The summed E-state index contributed by atoms with van der Waals surface area (Å²) in [6.07, 6.45) is 0. The maximum atomic E-state index is 8.59. The quantitative estimate of drug-likeness (QED) is 0.399. The third-order valence-electron chi connectivity index (χ3n) is 2.67. The molecule has 0 unspecified atom stereocenters. The van der Waals surface area contributed by atoms with Crippen molar-refractivity contribution in [3.63, 3.8) is 0 Å². The first kappa shape index (κ1) is 22.7. The Balaban J connectivity index is 3.82. The first-order chi connectivity index (χ1) is 10.8. The van der Waals surface area contributed by atoms with Gasteiger partial charge in [0.15, 0.2) is 0 Å². The molecule has 0 heterocycles. The molecule has 2 N–H and O–H groups in total. The van der Waals surface area contributed by atoms with Crippen LogP contribution in [0.1, 0.15) is 27.7 Å². The van der Waals surface area contributed by atoms with Crippen LogP contribution in [0, 0.1) is 0 Å². The van der Waals surface area contributed by atoms with Crippen molar-refractivity contribution in [1.29, 1.82) is 0 Å². The maximum absolute atomic E-state index is 8.59. The molecule has 0 aromatic carbocycles. The molecular formula is C16H34O7. The van der Waals surface area contributed by atoms with Crippen LogP contribution in [-0.2, 0) is 23.7 Å². The molecule has 23 heavy (non-hydrogen) atoms. The highest BCUT2D eigenvalue weighted by Gasteiger charge is 2.29. The Bertz CT molecular complexity index is 243. The largest absolute Gasteiger partial charge is 0.394 e. The predicted molar refractivity (Wildman–Crippen MR) is 86.7 cm³/mol. The average molecular weight is 338 g/mol. The van der Waals surface area contributed by atoms with E-state index in [-0.39, 0.29) is 13.2 Å². The van der Waals surface area contributed by atoms with Crippen LogP contribution >= 0.6 is 0 Å². The Morgan fingerprint density at radius 3 is 1.26 bits per heavy atom. The zero-order valence-electron chi connectivity index (χ0n) is 15.0. The van der Waals surface area contributed by atoms with Gasteiger partial charge in [0.05, 0.1) is 77.3 Å². The summed E-state index contributed by atoms with van der Waals surface area (Å²) in [6.45, 7) is 11.3. The lowest BCUT2D eigenvalue weighted by molar-refractivity contribution is -0.175. The average Bonchev–Trinajstić information content (AvgIpc) is 2.45. The van der Waals surface area contributed by atoms with Crippen molar-refractivity contribution >= 4 is 0 Å². The molecule has 0 aliphatic carbocycles. The minimum atomic E-state index is -0.447. The first-order valence-electron chi connectivity index (χ1n) is 8.06. The van der Waals surface area contributed by atoms with Crippen LogP contribution in [0.25, 0.3) is 0 Å². The van der Waals surface area contributed by atoms with E-state index in [2.05, 4.69) is 0 Å². The van der Waals surface area contributed by atoms with Gasteiger partial charge in [0.1, 0.15) is 0 Å². The normalized spacial score (nSPS) is 12.8. The van der Waals surface area contributed by atoms with Gasteiger partial charge in [-0.05, 0) is 27.7 Å². The van der Waals surface area contributed by atoms with E-state index in [4.69, 9.17) is 33.9 Å². The molecular weight excluding hydrogens is 304 g/mol. The van der Waals surface area contributed by atoms with Crippen molar-refractivity contribution in [2.45, 2.75) is 38.9 Å². The molecule has 140 valence electrons. The van der Waals surface area contributed by atoms with E-state index in [9.17, 15) is 0 Å². The van der Waals surface area contributed by atoms with Crippen LogP contribution in [-0.4, -0.2) is 87.5 Å². The van der Waals surface area contributed by atoms with Crippen LogP contribution in [0.2, 0.25) is 0 Å². The third-order valence-corrected chi connectivity index (χ3v) is 2.67. The smallest absolute Gasteiger partial charge is 0.0867 e. The summed E-state index contributed by atoms with van der Waals surface area (Å²) in [5.74, 6) is 0. The van der Waals surface area contributed by atoms with E-state index in [1.165, 1.54) is 0 Å². The summed E-state index contributed by atoms with van der Waals surface area (Å²) < 4.78 is 27.4. The standard InChI is InChI=1S/C16H34O7/c1-15(2,13-21-11-9-19-7-5-17)23-16(3,4)14-22-12-10-20-8-6-18/h17-18H,5-14H2,1-4H3. The zero-order valence-corrected chi connectivity index (χ0v) is 15.0. The van der Waals surface area contributed by atoms with E-state index < -0.39 is 11.2 Å². The number of hydrogen-bond acceptors (Lipinski definition) is 7. The number of aliphatic hydroxyl groups is 2. The predicted octanol–water partition coefficient (Wildman–Crippen LogP) is 0.611. The summed E-state index contributed by atoms with van der Waals surface area (Å²) in [6, 6.07) is 0. The van der Waals surface area contributed by atoms with Gasteiger partial charge in [-0.2, -0.15) is 0 Å². The maximum Gasteiger partial charge on any atom is 0.0867 e. The van der Waals surface area contributed by atoms with Gasteiger partial charge in [0, 0.05) is 0 Å². The lowest BCUT2D eigenvalue weighted by Gasteiger charge is -2.35. The fourth-order valence-corrected chi connectivity index (χ4v) is 2.01. The Labute approximate surface area is 139 Å². The zero-order chi connectivity index (χ0) is 17.6. The second-order valence-electron chi connectivity index (χ2n) is 6.40. The van der Waals surface area contributed by atoms with Gasteiger partial charge in [-0.3, -0.25) is 0 Å². The monoisotopic (exact) mass is 338 g/mol. The lowest BCUT2D eigenvalue weighted by Crippen LogP contribution is -2.43. The van der Waals surface area contributed by atoms with E-state index in [1.54, 1.807) is 0 Å². The summed E-state index contributed by atoms with van der Waals surface area (Å²) >= 11 is 0. The molecule has 0 spiro atoms. The van der Waals surface area contributed by atoms with Crippen LogP contribution in [0.5, 0.6) is 0 Å². The number of aliphatic hydroxyl groups excluding tert-OH is 2. The summed E-state index contributed by atoms with van der Waals surface area (Å²) in [5, 5.41) is 17.2. The van der Waals surface area contributed by atoms with Gasteiger partial charge in [-0.1, -0.05) is 0 Å². The van der Waals surface area contributed by atoms with Crippen molar-refractivity contribution < 1.29 is 33.9 Å². The topological polar surface area (TPSA) is 86.6 Å². The first-order valence-corrected chi connectivity index (χ1v) is 8.06. The molecule has 0 aromatic heterocycles. The molecule has 0 rings (SSSR count). The second-order valence-corrected chi connectivity index (χ2v) is 6.40. The molecule has 0 aliphatic heterocycles. The van der Waals surface area contributed by atoms with Crippen LogP contribution in [0.3, 0.4) is 0 Å². The highest BCUT2D eigenvalue weighted by molar-refractivity contribution is 4.77. The van der Waals surface area contributed by atoms with Gasteiger partial charge in [-0.15, -0.1) is 0 Å². The molecule has 0 aliphatic rings. The van der Waals surface area contributed by atoms with Crippen molar-refractivity contribution in [3.8, 4) is 0 Å². The SMILES string of the molecule is CC(C)(COCCOCCO)OC(C)(C)COCCOCCO. The summed E-state index contributed by atoms with van der Waals surface area (Å²) in [5.41, 5.74) is -0.894. The molecule has 7 heteroatoms. The van der Waals surface area contributed by atoms with E-state index >= 15 is 0 Å². The molecule has 0 fully saturated rings. The van der Waals surface area contributed by atoms with Gasteiger partial charge in [0.25, 0.3) is 0 Å². The molecule has 0 atom stereocenters. The number of hydrogen-bond donors (Lipinski definition) is 2. The van der Waals surface area contributed by atoms with E-state index in [1.807, 2.05) is 27.7 Å². The van der Waals surface area contributed by atoms with Gasteiger partial charge in [-0.25, -0.2) is 0 Å². The molecule has 0 saturated carbocycles. The number of ether oxygens (including phenoxy) is 5. The van der Waals surface area contributed by atoms with Crippen LogP contribution < -0.4 is 0 Å². The minimum absolute atomic E-state index is 0.0217. The van der Waals surface area contributed by atoms with E-state index in [0.717, 1.165) is 0 Å². The lowest BCUT2D eigenvalue weighted by atomic mass is 10.1. The van der Waals surface area contributed by atoms with Crippen molar-refractivity contribution in [2.75, 3.05) is 66.1 Å². The molecule has 7 nitrogen and oxygen atoms in total. The third kappa shape index (κ3) is 15.0. The number of rotatable bonds is 16. The highest BCUT2D eigenvalue weighted by Crippen LogP contribution is 2.21. The van der Waals surface area contributed by atoms with Gasteiger partial charge < -0.3 is 33.9 Å². The summed E-state index contributed by atoms with van der Waals surface area (Å²) in [4.78, 5) is 0. The molecule has 0 radical (unpaired) electrons. The molecule has 0 amide bonds. The van der Waals surface area contributed by atoms with Crippen LogP contribution in [0.15, 0.2) is 0 Å². The Morgan fingerprint density at radius 2 is 0.913 bits per heavy atom. The Hall–Kier alpha value is -0.280. The Morgan fingerprint density at radius 1 is 0.565 bits per heavy atom. The van der Waals surface area contributed by atoms with Crippen molar-refractivity contribution in [2.24, 2.45) is 0 Å². The minimum Gasteiger partial charge on any atom is -0.394 e. The fourth-order valence-electron chi connectivity index (χ4n) is 2.01. The van der Waals surface area contributed by atoms with E-state index in [0.29, 0.717) is 52.9 Å². The van der Waals surface area contributed by atoms with Gasteiger partial charge in [0.2, 0.25) is 0 Å². The molecule has 0 saturated heterocycles. The summed E-state index contributed by atoms with van der Waals surface area (Å²) in [7, 11) is 0. The van der Waals surface area contributed by atoms with Gasteiger partial charge >= 0.3 is 0 Å². The molecule has 0 bridgehead atoms. The Kier molecular flexibility index (Phi) is 12.9. The van der Waals surface area contributed by atoms with Crippen molar-refractivity contribution in [1.82, 2.24) is 0 Å².